The van der Waals surface area contributed by atoms with E-state index < -0.39 is 0 Å². The number of nitro groups is 1. The maximum absolute atomic E-state index is 10.7. The van der Waals surface area contributed by atoms with Crippen LogP contribution in [0.15, 0.2) is 40.2 Å². The zero-order valence-corrected chi connectivity index (χ0v) is 12.7. The minimum absolute atomic E-state index is 0.0702. The molecule has 4 nitrogen and oxygen atoms in total. The standard InChI is InChI=1S/C13H13BrN2O2S/c1-9(15-8-12-5-6-13(14)19-12)10-3-2-4-11(7-10)16(17)18/h2-7,9,15H,8H2,1H3. The minimum Gasteiger partial charge on any atom is -0.305 e. The molecule has 2 aromatic rings. The van der Waals surface area contributed by atoms with E-state index in [1.165, 1.54) is 10.9 Å². The Balaban J connectivity index is 2.01. The minimum atomic E-state index is -0.368. The Hall–Kier alpha value is -1.24. The average Bonchev–Trinajstić information content (AvgIpc) is 2.82. The van der Waals surface area contributed by atoms with Gasteiger partial charge in [-0.15, -0.1) is 11.3 Å². The number of halogens is 1. The van der Waals surface area contributed by atoms with E-state index in [2.05, 4.69) is 27.3 Å². The van der Waals surface area contributed by atoms with Gasteiger partial charge < -0.3 is 5.32 Å². The monoisotopic (exact) mass is 340 g/mol. The largest absolute Gasteiger partial charge is 0.305 e. The lowest BCUT2D eigenvalue weighted by molar-refractivity contribution is -0.384. The van der Waals surface area contributed by atoms with Crippen molar-refractivity contribution in [1.82, 2.24) is 5.32 Å². The summed E-state index contributed by atoms with van der Waals surface area (Å²) in [5, 5.41) is 14.1. The molecular weight excluding hydrogens is 328 g/mol. The van der Waals surface area contributed by atoms with Gasteiger partial charge >= 0.3 is 0 Å². The van der Waals surface area contributed by atoms with Gasteiger partial charge in [0, 0.05) is 29.6 Å². The lowest BCUT2D eigenvalue weighted by Gasteiger charge is -2.13. The molecule has 0 saturated carbocycles. The van der Waals surface area contributed by atoms with Crippen molar-refractivity contribution < 1.29 is 4.92 Å². The second-order valence-corrected chi connectivity index (χ2v) is 6.71. The van der Waals surface area contributed by atoms with Crippen LogP contribution in [-0.2, 0) is 6.54 Å². The van der Waals surface area contributed by atoms with Crippen LogP contribution in [0.5, 0.6) is 0 Å². The van der Waals surface area contributed by atoms with Gasteiger partial charge in [-0.05, 0) is 40.5 Å². The van der Waals surface area contributed by atoms with Gasteiger partial charge in [0.2, 0.25) is 0 Å². The highest BCUT2D eigenvalue weighted by Gasteiger charge is 2.10. The molecule has 0 radical (unpaired) electrons. The van der Waals surface area contributed by atoms with Gasteiger partial charge in [0.25, 0.3) is 5.69 Å². The van der Waals surface area contributed by atoms with Crippen LogP contribution < -0.4 is 5.32 Å². The van der Waals surface area contributed by atoms with E-state index in [1.807, 2.05) is 19.1 Å². The van der Waals surface area contributed by atoms with E-state index >= 15 is 0 Å². The van der Waals surface area contributed by atoms with E-state index in [9.17, 15) is 10.1 Å². The lowest BCUT2D eigenvalue weighted by atomic mass is 10.1. The van der Waals surface area contributed by atoms with Gasteiger partial charge in [0.05, 0.1) is 8.71 Å². The Labute approximate surface area is 123 Å². The highest BCUT2D eigenvalue weighted by Crippen LogP contribution is 2.23. The van der Waals surface area contributed by atoms with Gasteiger partial charge in [0.1, 0.15) is 0 Å². The van der Waals surface area contributed by atoms with E-state index in [1.54, 1.807) is 23.5 Å². The van der Waals surface area contributed by atoms with Crippen LogP contribution in [0.25, 0.3) is 0 Å². The molecule has 0 spiro atoms. The number of nitrogens with zero attached hydrogens (tertiary/aromatic N) is 1. The van der Waals surface area contributed by atoms with Crippen LogP contribution in [0.3, 0.4) is 0 Å². The quantitative estimate of drug-likeness (QED) is 0.653. The highest BCUT2D eigenvalue weighted by molar-refractivity contribution is 9.11. The summed E-state index contributed by atoms with van der Waals surface area (Å²) in [5.74, 6) is 0. The van der Waals surface area contributed by atoms with Gasteiger partial charge in [-0.3, -0.25) is 10.1 Å². The topological polar surface area (TPSA) is 55.2 Å². The van der Waals surface area contributed by atoms with Crippen molar-refractivity contribution in [1.29, 1.82) is 0 Å². The maximum Gasteiger partial charge on any atom is 0.269 e. The molecule has 1 heterocycles. The smallest absolute Gasteiger partial charge is 0.269 e. The van der Waals surface area contributed by atoms with Crippen LogP contribution in [0.1, 0.15) is 23.4 Å². The Morgan fingerprint density at radius 1 is 1.42 bits per heavy atom. The molecule has 0 bridgehead atoms. The van der Waals surface area contributed by atoms with Crippen molar-refractivity contribution in [2.45, 2.75) is 19.5 Å². The predicted octanol–water partition coefficient (Wildman–Crippen LogP) is 4.27. The molecule has 2 rings (SSSR count). The molecule has 0 aliphatic rings. The van der Waals surface area contributed by atoms with Crippen molar-refractivity contribution in [2.75, 3.05) is 0 Å². The number of hydrogen-bond acceptors (Lipinski definition) is 4. The SMILES string of the molecule is CC(NCc1ccc(Br)s1)c1cccc([N+](=O)[O-])c1. The summed E-state index contributed by atoms with van der Waals surface area (Å²) < 4.78 is 1.10. The average molecular weight is 341 g/mol. The zero-order chi connectivity index (χ0) is 13.8. The number of thiophene rings is 1. The van der Waals surface area contributed by atoms with E-state index in [0.717, 1.165) is 15.9 Å². The van der Waals surface area contributed by atoms with Crippen molar-refractivity contribution in [3.05, 3.63) is 60.7 Å². The van der Waals surface area contributed by atoms with Crippen LogP contribution in [0.2, 0.25) is 0 Å². The summed E-state index contributed by atoms with van der Waals surface area (Å²) in [4.78, 5) is 11.6. The van der Waals surface area contributed by atoms with Crippen molar-refractivity contribution in [3.63, 3.8) is 0 Å². The molecular formula is C13H13BrN2O2S. The molecule has 1 atom stereocenters. The third kappa shape index (κ3) is 3.86. The second kappa shape index (κ2) is 6.27. The Morgan fingerprint density at radius 3 is 2.84 bits per heavy atom. The molecule has 0 aliphatic heterocycles. The van der Waals surface area contributed by atoms with Crippen LogP contribution in [0, 0.1) is 10.1 Å². The molecule has 0 aliphatic carbocycles. The van der Waals surface area contributed by atoms with Gasteiger partial charge in [0.15, 0.2) is 0 Å². The number of rotatable bonds is 5. The molecule has 1 unspecified atom stereocenters. The molecule has 19 heavy (non-hydrogen) atoms. The molecule has 0 amide bonds. The first-order valence-corrected chi connectivity index (χ1v) is 7.39. The number of nitro benzene ring substituents is 1. The van der Waals surface area contributed by atoms with Crippen molar-refractivity contribution >= 4 is 33.0 Å². The molecule has 0 fully saturated rings. The molecule has 1 aromatic carbocycles. The van der Waals surface area contributed by atoms with Crippen LogP contribution in [0.4, 0.5) is 5.69 Å². The third-order valence-corrected chi connectivity index (χ3v) is 4.42. The summed E-state index contributed by atoms with van der Waals surface area (Å²) >= 11 is 5.10. The summed E-state index contributed by atoms with van der Waals surface area (Å²) in [5.41, 5.74) is 1.05. The van der Waals surface area contributed by atoms with Crippen molar-refractivity contribution in [2.24, 2.45) is 0 Å². The van der Waals surface area contributed by atoms with Crippen LogP contribution >= 0.6 is 27.3 Å². The molecule has 0 saturated heterocycles. The van der Waals surface area contributed by atoms with E-state index in [-0.39, 0.29) is 16.7 Å². The number of nitrogens with one attached hydrogen (secondary N) is 1. The fourth-order valence-corrected chi connectivity index (χ4v) is 3.16. The second-order valence-electron chi connectivity index (χ2n) is 4.16. The summed E-state index contributed by atoms with van der Waals surface area (Å²) in [7, 11) is 0. The number of benzene rings is 1. The summed E-state index contributed by atoms with van der Waals surface area (Å²) in [6, 6.07) is 10.9. The number of non-ortho nitro benzene ring substituents is 1. The Morgan fingerprint density at radius 2 is 2.21 bits per heavy atom. The number of hydrogen-bond donors (Lipinski definition) is 1. The summed E-state index contributed by atoms with van der Waals surface area (Å²) in [6.07, 6.45) is 0. The third-order valence-electron chi connectivity index (χ3n) is 2.79. The highest BCUT2D eigenvalue weighted by atomic mass is 79.9. The first-order valence-electron chi connectivity index (χ1n) is 5.78. The Bertz CT molecular complexity index is 586. The molecule has 6 heteroatoms. The maximum atomic E-state index is 10.7. The van der Waals surface area contributed by atoms with Gasteiger partial charge in [-0.1, -0.05) is 12.1 Å². The lowest BCUT2D eigenvalue weighted by Crippen LogP contribution is -2.17. The first kappa shape index (κ1) is 14.2. The van der Waals surface area contributed by atoms with E-state index in [4.69, 9.17) is 0 Å². The predicted molar refractivity (Wildman–Crippen MR) is 80.4 cm³/mol. The molecule has 100 valence electrons. The van der Waals surface area contributed by atoms with Crippen LogP contribution in [-0.4, -0.2) is 4.92 Å². The molecule has 1 aromatic heterocycles. The molecule has 1 N–H and O–H groups in total. The normalized spacial score (nSPS) is 12.3. The van der Waals surface area contributed by atoms with E-state index in [0.29, 0.717) is 0 Å². The first-order chi connectivity index (χ1) is 9.06. The fourth-order valence-electron chi connectivity index (χ4n) is 1.73. The Kier molecular flexibility index (Phi) is 4.68. The fraction of sp³-hybridized carbons (Fsp3) is 0.231. The zero-order valence-electron chi connectivity index (χ0n) is 10.3. The van der Waals surface area contributed by atoms with Gasteiger partial charge in [-0.25, -0.2) is 0 Å². The van der Waals surface area contributed by atoms with Crippen molar-refractivity contribution in [3.8, 4) is 0 Å². The summed E-state index contributed by atoms with van der Waals surface area (Å²) in [6.45, 7) is 2.75. The van der Waals surface area contributed by atoms with Gasteiger partial charge in [-0.2, -0.15) is 0 Å².